The Morgan fingerprint density at radius 2 is 2.12 bits per heavy atom. The number of fused-ring (bicyclic) bond motifs is 1. The lowest BCUT2D eigenvalue weighted by molar-refractivity contribution is -0.154. The van der Waals surface area contributed by atoms with Crippen LogP contribution in [0, 0.1) is 5.92 Å². The van der Waals surface area contributed by atoms with E-state index in [1.165, 1.54) is 19.3 Å². The molecule has 2 rings (SSSR count). The summed E-state index contributed by atoms with van der Waals surface area (Å²) in [4.78, 5) is 25.2. The van der Waals surface area contributed by atoms with E-state index in [1.54, 1.807) is 11.8 Å². The van der Waals surface area contributed by atoms with Gasteiger partial charge in [-0.2, -0.15) is 0 Å². The zero-order valence-electron chi connectivity index (χ0n) is 10.5. The molecule has 2 atom stereocenters. The lowest BCUT2D eigenvalue weighted by atomic mass is 9.78. The number of carbonyl (C=O) groups is 2. The van der Waals surface area contributed by atoms with Gasteiger partial charge in [0.25, 0.3) is 0 Å². The van der Waals surface area contributed by atoms with Crippen LogP contribution in [0.15, 0.2) is 0 Å². The van der Waals surface area contributed by atoms with Crippen LogP contribution in [0.3, 0.4) is 0 Å². The van der Waals surface area contributed by atoms with Gasteiger partial charge in [-0.05, 0) is 32.1 Å². The molecule has 17 heavy (non-hydrogen) atoms. The van der Waals surface area contributed by atoms with Crippen molar-refractivity contribution in [2.75, 3.05) is 13.2 Å². The van der Waals surface area contributed by atoms with Crippen molar-refractivity contribution in [3.05, 3.63) is 0 Å². The molecule has 4 heteroatoms. The standard InChI is InChI=1S/C13H21NO3/c1-2-17-13(16)9-14-11-6-4-3-5-10(11)7-8-12(14)15/h10-11H,2-9H2,1H3. The highest BCUT2D eigenvalue weighted by Gasteiger charge is 2.37. The Morgan fingerprint density at radius 3 is 2.88 bits per heavy atom. The zero-order chi connectivity index (χ0) is 12.3. The summed E-state index contributed by atoms with van der Waals surface area (Å²) in [5.41, 5.74) is 0. The Morgan fingerprint density at radius 1 is 1.35 bits per heavy atom. The number of hydrogen-bond donors (Lipinski definition) is 0. The van der Waals surface area contributed by atoms with Crippen LogP contribution in [-0.4, -0.2) is 36.0 Å². The molecule has 1 aliphatic carbocycles. The van der Waals surface area contributed by atoms with Crippen molar-refractivity contribution >= 4 is 11.9 Å². The van der Waals surface area contributed by atoms with Crippen molar-refractivity contribution in [2.24, 2.45) is 5.92 Å². The number of hydrogen-bond acceptors (Lipinski definition) is 3. The van der Waals surface area contributed by atoms with Crippen molar-refractivity contribution in [1.29, 1.82) is 0 Å². The van der Waals surface area contributed by atoms with Gasteiger partial charge in [0, 0.05) is 12.5 Å². The molecule has 0 N–H and O–H groups in total. The lowest BCUT2D eigenvalue weighted by Gasteiger charge is -2.43. The maximum Gasteiger partial charge on any atom is 0.325 e. The highest BCUT2D eigenvalue weighted by atomic mass is 16.5. The van der Waals surface area contributed by atoms with Crippen molar-refractivity contribution in [2.45, 2.75) is 51.5 Å². The molecule has 0 bridgehead atoms. The highest BCUT2D eigenvalue weighted by molar-refractivity contribution is 5.83. The first-order chi connectivity index (χ1) is 8.22. The highest BCUT2D eigenvalue weighted by Crippen LogP contribution is 2.35. The van der Waals surface area contributed by atoms with Gasteiger partial charge in [-0.15, -0.1) is 0 Å². The van der Waals surface area contributed by atoms with E-state index in [1.807, 2.05) is 0 Å². The van der Waals surface area contributed by atoms with E-state index >= 15 is 0 Å². The summed E-state index contributed by atoms with van der Waals surface area (Å²) in [5.74, 6) is 0.462. The van der Waals surface area contributed by atoms with Gasteiger partial charge in [0.1, 0.15) is 6.54 Å². The summed E-state index contributed by atoms with van der Waals surface area (Å²) in [6.07, 6.45) is 6.30. The molecule has 0 aromatic carbocycles. The Kier molecular flexibility index (Phi) is 4.02. The number of ether oxygens (including phenoxy) is 1. The van der Waals surface area contributed by atoms with Crippen LogP contribution in [-0.2, 0) is 14.3 Å². The van der Waals surface area contributed by atoms with Crippen LogP contribution in [0.2, 0.25) is 0 Å². The third-order valence-electron chi connectivity index (χ3n) is 3.92. The molecule has 4 nitrogen and oxygen atoms in total. The summed E-state index contributed by atoms with van der Waals surface area (Å²) in [6.45, 7) is 2.32. The number of nitrogens with zero attached hydrogens (tertiary/aromatic N) is 1. The molecule has 0 radical (unpaired) electrons. The normalized spacial score (nSPS) is 28.8. The second-order valence-corrected chi connectivity index (χ2v) is 4.98. The summed E-state index contributed by atoms with van der Waals surface area (Å²) < 4.78 is 4.94. The average molecular weight is 239 g/mol. The van der Waals surface area contributed by atoms with Gasteiger partial charge in [-0.3, -0.25) is 9.59 Å². The molecule has 1 saturated carbocycles. The predicted octanol–water partition coefficient (Wildman–Crippen LogP) is 1.73. The Hall–Kier alpha value is -1.06. The van der Waals surface area contributed by atoms with Gasteiger partial charge in [0.15, 0.2) is 0 Å². The Balaban J connectivity index is 2.00. The summed E-state index contributed by atoms with van der Waals surface area (Å²) in [6, 6.07) is 0.286. The van der Waals surface area contributed by atoms with Gasteiger partial charge in [-0.1, -0.05) is 12.8 Å². The van der Waals surface area contributed by atoms with Gasteiger partial charge in [0.2, 0.25) is 5.91 Å². The first-order valence-electron chi connectivity index (χ1n) is 6.67. The maximum atomic E-state index is 11.9. The first-order valence-corrected chi connectivity index (χ1v) is 6.67. The minimum atomic E-state index is -0.271. The third-order valence-corrected chi connectivity index (χ3v) is 3.92. The molecule has 2 unspecified atom stereocenters. The number of likely N-dealkylation sites (tertiary alicyclic amines) is 1. The number of esters is 1. The quantitative estimate of drug-likeness (QED) is 0.705. The summed E-state index contributed by atoms with van der Waals surface area (Å²) >= 11 is 0. The van der Waals surface area contributed by atoms with Crippen LogP contribution in [0.25, 0.3) is 0 Å². The Bertz CT molecular complexity index is 303. The van der Waals surface area contributed by atoms with Crippen LogP contribution in [0.5, 0.6) is 0 Å². The molecule has 0 aromatic heterocycles. The van der Waals surface area contributed by atoms with E-state index in [2.05, 4.69) is 0 Å². The summed E-state index contributed by atoms with van der Waals surface area (Å²) in [7, 11) is 0. The average Bonchev–Trinajstić information content (AvgIpc) is 2.33. The fourth-order valence-corrected chi connectivity index (χ4v) is 3.12. The molecule has 2 aliphatic rings. The molecule has 1 saturated heterocycles. The number of amides is 1. The topological polar surface area (TPSA) is 46.6 Å². The molecule has 1 heterocycles. The van der Waals surface area contributed by atoms with E-state index in [0.717, 1.165) is 12.8 Å². The zero-order valence-corrected chi connectivity index (χ0v) is 10.5. The van der Waals surface area contributed by atoms with Crippen LogP contribution in [0.1, 0.15) is 45.4 Å². The van der Waals surface area contributed by atoms with Gasteiger partial charge in [-0.25, -0.2) is 0 Å². The second kappa shape index (κ2) is 5.52. The van der Waals surface area contributed by atoms with Crippen LogP contribution >= 0.6 is 0 Å². The van der Waals surface area contributed by atoms with Gasteiger partial charge < -0.3 is 9.64 Å². The fourth-order valence-electron chi connectivity index (χ4n) is 3.12. The minimum Gasteiger partial charge on any atom is -0.465 e. The van der Waals surface area contributed by atoms with E-state index in [-0.39, 0.29) is 24.5 Å². The third kappa shape index (κ3) is 2.79. The molecule has 1 amide bonds. The lowest BCUT2D eigenvalue weighted by Crippen LogP contribution is -2.51. The van der Waals surface area contributed by atoms with Crippen molar-refractivity contribution in [3.8, 4) is 0 Å². The minimum absolute atomic E-state index is 0.126. The number of piperidine rings is 1. The second-order valence-electron chi connectivity index (χ2n) is 4.98. The Labute approximate surface area is 102 Å². The van der Waals surface area contributed by atoms with Crippen molar-refractivity contribution in [1.82, 2.24) is 4.90 Å². The van der Waals surface area contributed by atoms with E-state index in [4.69, 9.17) is 4.74 Å². The number of rotatable bonds is 3. The first kappa shape index (κ1) is 12.4. The van der Waals surface area contributed by atoms with E-state index in [9.17, 15) is 9.59 Å². The largest absolute Gasteiger partial charge is 0.465 e. The monoisotopic (exact) mass is 239 g/mol. The smallest absolute Gasteiger partial charge is 0.325 e. The van der Waals surface area contributed by atoms with Crippen LogP contribution in [0.4, 0.5) is 0 Å². The van der Waals surface area contributed by atoms with E-state index in [0.29, 0.717) is 18.9 Å². The molecule has 2 fully saturated rings. The van der Waals surface area contributed by atoms with Crippen LogP contribution < -0.4 is 0 Å². The predicted molar refractivity (Wildman–Crippen MR) is 63.3 cm³/mol. The molecule has 0 spiro atoms. The van der Waals surface area contributed by atoms with Crippen molar-refractivity contribution < 1.29 is 14.3 Å². The SMILES string of the molecule is CCOC(=O)CN1C(=O)CCC2CCCCC21. The molecule has 1 aliphatic heterocycles. The number of carbonyl (C=O) groups excluding carboxylic acids is 2. The van der Waals surface area contributed by atoms with Gasteiger partial charge >= 0.3 is 5.97 Å². The molecule has 0 aromatic rings. The molecular formula is C13H21NO3. The van der Waals surface area contributed by atoms with Crippen molar-refractivity contribution in [3.63, 3.8) is 0 Å². The van der Waals surface area contributed by atoms with E-state index < -0.39 is 0 Å². The molecular weight excluding hydrogens is 218 g/mol. The molecule has 96 valence electrons. The maximum absolute atomic E-state index is 11.9. The van der Waals surface area contributed by atoms with Gasteiger partial charge in [0.05, 0.1) is 6.61 Å². The fraction of sp³-hybridized carbons (Fsp3) is 0.846. The summed E-state index contributed by atoms with van der Waals surface area (Å²) in [5, 5.41) is 0.